The highest BCUT2D eigenvalue weighted by Crippen LogP contribution is 2.46. The summed E-state index contributed by atoms with van der Waals surface area (Å²) in [6, 6.07) is -0.240. The first kappa shape index (κ1) is 29.7. The van der Waals surface area contributed by atoms with Gasteiger partial charge in [-0.2, -0.15) is 0 Å². The normalized spacial score (nSPS) is 32.5. The number of nitrogens with one attached hydrogen (secondary N) is 1. The molecule has 0 saturated carbocycles. The maximum Gasteiger partial charge on any atom is 0.410 e. The van der Waals surface area contributed by atoms with E-state index < -0.39 is 6.10 Å². The molecule has 4 heterocycles. The summed E-state index contributed by atoms with van der Waals surface area (Å²) in [6.45, 7) is 12.5. The molecule has 0 radical (unpaired) electrons. The molecule has 0 aromatic rings. The van der Waals surface area contributed by atoms with Gasteiger partial charge in [-0.25, -0.2) is 4.79 Å². The SMILES string of the molecule is CC(/C=C/[C@@H]1C[C@]2(CO2)CC(C)(C)O1)=C\CC1OCC(NC(=O)/C=C\[C@H](C)OC(=O)N2CCN(C)CC2)CO1. The number of likely N-dealkylation sites (N-methyl/N-ethyl adjacent to an activating group) is 1. The van der Waals surface area contributed by atoms with E-state index in [9.17, 15) is 9.59 Å². The monoisotopic (exact) mass is 547 g/mol. The molecular weight excluding hydrogens is 502 g/mol. The van der Waals surface area contributed by atoms with Crippen molar-refractivity contribution in [2.45, 2.75) is 82.7 Å². The molecule has 1 N–H and O–H groups in total. The van der Waals surface area contributed by atoms with Crippen molar-refractivity contribution in [1.82, 2.24) is 15.1 Å². The molecule has 4 aliphatic rings. The first-order valence-electron chi connectivity index (χ1n) is 14.0. The number of carbonyl (C=O) groups is 2. The van der Waals surface area contributed by atoms with Crippen LogP contribution in [0.25, 0.3) is 0 Å². The second-order valence-electron chi connectivity index (χ2n) is 11.9. The lowest BCUT2D eigenvalue weighted by atomic mass is 9.85. The Morgan fingerprint density at radius 1 is 1.13 bits per heavy atom. The minimum absolute atomic E-state index is 0.00948. The van der Waals surface area contributed by atoms with E-state index in [2.05, 4.69) is 49.2 Å². The van der Waals surface area contributed by atoms with Crippen molar-refractivity contribution < 1.29 is 33.3 Å². The summed E-state index contributed by atoms with van der Waals surface area (Å²) in [5, 5.41) is 2.87. The van der Waals surface area contributed by atoms with Crippen LogP contribution in [0, 0.1) is 0 Å². The van der Waals surface area contributed by atoms with Gasteiger partial charge in [-0.05, 0) is 40.8 Å². The van der Waals surface area contributed by atoms with Gasteiger partial charge in [-0.3, -0.25) is 4.79 Å². The number of piperazine rings is 1. The van der Waals surface area contributed by atoms with E-state index >= 15 is 0 Å². The van der Waals surface area contributed by atoms with Crippen LogP contribution in [0.1, 0.15) is 47.0 Å². The van der Waals surface area contributed by atoms with E-state index in [1.165, 1.54) is 6.08 Å². The summed E-state index contributed by atoms with van der Waals surface area (Å²) in [5.74, 6) is -0.277. The molecule has 2 amide bonds. The zero-order valence-corrected chi connectivity index (χ0v) is 24.0. The quantitative estimate of drug-likeness (QED) is 0.281. The maximum absolute atomic E-state index is 12.3. The Hall–Kier alpha value is -2.24. The molecule has 39 heavy (non-hydrogen) atoms. The lowest BCUT2D eigenvalue weighted by Gasteiger charge is -2.38. The van der Waals surface area contributed by atoms with Crippen molar-refractivity contribution in [3.63, 3.8) is 0 Å². The zero-order chi connectivity index (χ0) is 28.0. The van der Waals surface area contributed by atoms with Crippen LogP contribution in [-0.2, 0) is 28.5 Å². The Morgan fingerprint density at radius 2 is 1.82 bits per heavy atom. The van der Waals surface area contributed by atoms with Crippen LogP contribution in [0.3, 0.4) is 0 Å². The Labute approximate surface area is 232 Å². The Morgan fingerprint density at radius 3 is 2.49 bits per heavy atom. The number of carbonyl (C=O) groups excluding carboxylic acids is 2. The summed E-state index contributed by atoms with van der Waals surface area (Å²) in [5.41, 5.74) is 0.945. The number of amides is 2. The number of hydrogen-bond donors (Lipinski definition) is 1. The molecule has 0 unspecified atom stereocenters. The van der Waals surface area contributed by atoms with Crippen molar-refractivity contribution in [3.8, 4) is 0 Å². The molecule has 10 nitrogen and oxygen atoms in total. The van der Waals surface area contributed by atoms with Crippen molar-refractivity contribution in [3.05, 3.63) is 36.0 Å². The Balaban J connectivity index is 1.11. The fraction of sp³-hybridized carbons (Fsp3) is 0.724. The van der Waals surface area contributed by atoms with Gasteiger partial charge in [0.2, 0.25) is 5.91 Å². The standard InChI is InChI=1S/C29H45N3O7/c1-21(6-9-24-16-29(20-37-29)19-28(3,4)39-24)7-11-26-35-17-23(18-36-26)30-25(33)10-8-22(2)38-27(34)32-14-12-31(5)13-15-32/h6-10,22-24,26H,11-20H2,1-5H3,(H,30,33)/b9-6+,10-8-,21-7+/t22-,23?,24+,26?,29+/m0/s1. The van der Waals surface area contributed by atoms with Crippen LogP contribution in [0.5, 0.6) is 0 Å². The fourth-order valence-corrected chi connectivity index (χ4v) is 5.24. The zero-order valence-electron chi connectivity index (χ0n) is 24.0. The van der Waals surface area contributed by atoms with E-state index in [0.717, 1.165) is 38.1 Å². The predicted octanol–water partition coefficient (Wildman–Crippen LogP) is 2.79. The highest BCUT2D eigenvalue weighted by Gasteiger charge is 2.53. The third kappa shape index (κ3) is 9.42. The van der Waals surface area contributed by atoms with Crippen molar-refractivity contribution in [2.75, 3.05) is 53.0 Å². The minimum atomic E-state index is -0.505. The number of allylic oxidation sites excluding steroid dienone is 2. The Bertz CT molecular complexity index is 937. The highest BCUT2D eigenvalue weighted by atomic mass is 16.7. The predicted molar refractivity (Wildman–Crippen MR) is 146 cm³/mol. The molecule has 218 valence electrons. The van der Waals surface area contributed by atoms with Crippen LogP contribution < -0.4 is 5.32 Å². The average Bonchev–Trinajstić information content (AvgIpc) is 3.62. The van der Waals surface area contributed by atoms with Crippen molar-refractivity contribution >= 4 is 12.0 Å². The molecule has 4 fully saturated rings. The molecule has 4 saturated heterocycles. The average molecular weight is 548 g/mol. The number of ether oxygens (including phenoxy) is 5. The molecular formula is C29H45N3O7. The number of rotatable bonds is 8. The van der Waals surface area contributed by atoms with E-state index in [1.54, 1.807) is 17.9 Å². The Kier molecular flexibility index (Phi) is 9.87. The lowest BCUT2D eigenvalue weighted by Crippen LogP contribution is -2.47. The molecule has 0 aromatic heterocycles. The van der Waals surface area contributed by atoms with Gasteiger partial charge in [0.25, 0.3) is 0 Å². The molecule has 4 rings (SSSR count). The number of nitrogens with zero attached hydrogens (tertiary/aromatic N) is 2. The van der Waals surface area contributed by atoms with Gasteiger partial charge in [-0.15, -0.1) is 0 Å². The van der Waals surface area contributed by atoms with E-state index in [-0.39, 0.29) is 41.6 Å². The van der Waals surface area contributed by atoms with Gasteiger partial charge in [0.1, 0.15) is 6.10 Å². The first-order chi connectivity index (χ1) is 18.5. The summed E-state index contributed by atoms with van der Waals surface area (Å²) in [4.78, 5) is 28.4. The summed E-state index contributed by atoms with van der Waals surface area (Å²) in [6.07, 6.45) is 10.6. The summed E-state index contributed by atoms with van der Waals surface area (Å²) < 4.78 is 29.0. The molecule has 1 spiro atoms. The third-order valence-corrected chi connectivity index (χ3v) is 7.43. The second-order valence-corrected chi connectivity index (χ2v) is 11.9. The summed E-state index contributed by atoms with van der Waals surface area (Å²) >= 11 is 0. The highest BCUT2D eigenvalue weighted by molar-refractivity contribution is 5.87. The van der Waals surface area contributed by atoms with Crippen molar-refractivity contribution in [2.24, 2.45) is 0 Å². The van der Waals surface area contributed by atoms with Gasteiger partial charge in [-0.1, -0.05) is 23.8 Å². The third-order valence-electron chi connectivity index (χ3n) is 7.43. The molecule has 0 aromatic carbocycles. The molecule has 0 bridgehead atoms. The number of hydrogen-bond acceptors (Lipinski definition) is 8. The fourth-order valence-electron chi connectivity index (χ4n) is 5.24. The first-order valence-corrected chi connectivity index (χ1v) is 14.0. The van der Waals surface area contributed by atoms with Gasteiger partial charge < -0.3 is 38.8 Å². The second kappa shape index (κ2) is 13.0. The van der Waals surface area contributed by atoms with Gasteiger partial charge in [0, 0.05) is 51.5 Å². The lowest BCUT2D eigenvalue weighted by molar-refractivity contribution is -0.187. The number of epoxide rings is 1. The van der Waals surface area contributed by atoms with Crippen LogP contribution >= 0.6 is 0 Å². The topological polar surface area (TPSA) is 102 Å². The molecule has 3 atom stereocenters. The van der Waals surface area contributed by atoms with Crippen LogP contribution in [0.15, 0.2) is 36.0 Å². The smallest absolute Gasteiger partial charge is 0.410 e. The van der Waals surface area contributed by atoms with Crippen molar-refractivity contribution in [1.29, 1.82) is 0 Å². The molecule has 10 heteroatoms. The van der Waals surface area contributed by atoms with Gasteiger partial charge in [0.05, 0.1) is 43.2 Å². The molecule has 0 aliphatic carbocycles. The summed E-state index contributed by atoms with van der Waals surface area (Å²) in [7, 11) is 2.03. The van der Waals surface area contributed by atoms with Crippen LogP contribution in [0.4, 0.5) is 4.79 Å². The van der Waals surface area contributed by atoms with Gasteiger partial charge in [0.15, 0.2) is 6.29 Å². The van der Waals surface area contributed by atoms with Crippen LogP contribution in [0.2, 0.25) is 0 Å². The maximum atomic E-state index is 12.3. The van der Waals surface area contributed by atoms with E-state index in [0.29, 0.717) is 32.7 Å². The molecule has 4 aliphatic heterocycles. The van der Waals surface area contributed by atoms with E-state index in [4.69, 9.17) is 23.7 Å². The largest absolute Gasteiger partial charge is 0.442 e. The van der Waals surface area contributed by atoms with Gasteiger partial charge >= 0.3 is 6.09 Å². The minimum Gasteiger partial charge on any atom is -0.442 e. The van der Waals surface area contributed by atoms with E-state index in [1.807, 2.05) is 7.05 Å². The van der Waals surface area contributed by atoms with Crippen LogP contribution in [-0.4, -0.2) is 111 Å².